The molecule has 5 aliphatic carbocycles. The average Bonchev–Trinajstić information content (AvgIpc) is 2.54. The molecule has 0 aromatic heterocycles. The van der Waals surface area contributed by atoms with Crippen molar-refractivity contribution < 1.29 is 19.4 Å². The lowest BCUT2D eigenvalue weighted by Gasteiger charge is -2.58. The van der Waals surface area contributed by atoms with Gasteiger partial charge < -0.3 is 15.2 Å². The zero-order chi connectivity index (χ0) is 18.5. The van der Waals surface area contributed by atoms with Crippen LogP contribution in [-0.2, 0) is 14.3 Å². The van der Waals surface area contributed by atoms with Gasteiger partial charge in [-0.1, -0.05) is 19.8 Å². The van der Waals surface area contributed by atoms with Crippen molar-refractivity contribution in [3.8, 4) is 0 Å². The molecular weight excluding hydrogens is 330 g/mol. The normalized spacial score (nSPS) is 45.2. The van der Waals surface area contributed by atoms with Gasteiger partial charge in [-0.05, 0) is 76.0 Å². The summed E-state index contributed by atoms with van der Waals surface area (Å²) in [6.07, 6.45) is 8.70. The quantitative estimate of drug-likeness (QED) is 0.753. The van der Waals surface area contributed by atoms with E-state index < -0.39 is 17.1 Å². The van der Waals surface area contributed by atoms with Crippen LogP contribution in [0.5, 0.6) is 0 Å². The number of aliphatic hydroxyl groups is 1. The van der Waals surface area contributed by atoms with Crippen LogP contribution >= 0.6 is 0 Å². The Labute approximate surface area is 156 Å². The molecule has 0 radical (unpaired) electrons. The van der Waals surface area contributed by atoms with E-state index in [9.17, 15) is 14.7 Å². The van der Waals surface area contributed by atoms with E-state index in [0.717, 1.165) is 51.4 Å². The van der Waals surface area contributed by atoms with Gasteiger partial charge in [0.1, 0.15) is 0 Å². The van der Waals surface area contributed by atoms with Crippen molar-refractivity contribution in [2.24, 2.45) is 23.2 Å². The largest absolute Gasteiger partial charge is 0.452 e. The highest BCUT2D eigenvalue weighted by Crippen LogP contribution is 2.62. The lowest BCUT2D eigenvalue weighted by Crippen LogP contribution is -2.59. The van der Waals surface area contributed by atoms with Gasteiger partial charge in [-0.2, -0.15) is 0 Å². The Hall–Kier alpha value is -1.10. The molecule has 5 saturated carbocycles. The number of nitrogens with one attached hydrogen (secondary N) is 1. The highest BCUT2D eigenvalue weighted by Gasteiger charge is 2.61. The summed E-state index contributed by atoms with van der Waals surface area (Å²) < 4.78 is 5.66. The van der Waals surface area contributed by atoms with Crippen LogP contribution in [0, 0.1) is 23.2 Å². The summed E-state index contributed by atoms with van der Waals surface area (Å²) >= 11 is 0. The molecule has 0 spiro atoms. The first-order valence-electron chi connectivity index (χ1n) is 10.5. The van der Waals surface area contributed by atoms with Crippen molar-refractivity contribution in [2.75, 3.05) is 0 Å². The van der Waals surface area contributed by atoms with Crippen LogP contribution in [0.2, 0.25) is 0 Å². The number of hydrogen-bond acceptors (Lipinski definition) is 4. The Morgan fingerprint density at radius 3 is 2.38 bits per heavy atom. The Morgan fingerprint density at radius 2 is 1.77 bits per heavy atom. The molecule has 0 aromatic rings. The molecule has 5 heteroatoms. The monoisotopic (exact) mass is 363 g/mol. The molecule has 1 amide bonds. The first-order valence-corrected chi connectivity index (χ1v) is 10.5. The van der Waals surface area contributed by atoms with Crippen molar-refractivity contribution in [1.29, 1.82) is 0 Å². The standard InChI is InChI=1S/C21H33NO4/c1-13-5-3-4-6-17(13)22-18(23)14(2)26-19(24)20-8-15-7-16(9-20)11-21(25,10-15)12-20/h13-17,25H,3-12H2,1-2H3,(H,22,23). The van der Waals surface area contributed by atoms with Gasteiger partial charge in [0.15, 0.2) is 6.10 Å². The average molecular weight is 363 g/mol. The van der Waals surface area contributed by atoms with E-state index >= 15 is 0 Å². The molecule has 5 rings (SSSR count). The smallest absolute Gasteiger partial charge is 0.312 e. The summed E-state index contributed by atoms with van der Waals surface area (Å²) in [6, 6.07) is 0.192. The van der Waals surface area contributed by atoms with Crippen LogP contribution in [-0.4, -0.2) is 34.7 Å². The number of amides is 1. The van der Waals surface area contributed by atoms with Crippen molar-refractivity contribution in [1.82, 2.24) is 5.32 Å². The highest BCUT2D eigenvalue weighted by atomic mass is 16.5. The van der Waals surface area contributed by atoms with E-state index in [1.54, 1.807) is 6.92 Å². The van der Waals surface area contributed by atoms with Gasteiger partial charge in [0.05, 0.1) is 11.0 Å². The Bertz CT molecular complexity index is 575. The van der Waals surface area contributed by atoms with Crippen molar-refractivity contribution >= 4 is 11.9 Å². The van der Waals surface area contributed by atoms with Crippen LogP contribution in [0.3, 0.4) is 0 Å². The Morgan fingerprint density at radius 1 is 1.12 bits per heavy atom. The molecule has 4 bridgehead atoms. The third kappa shape index (κ3) is 3.28. The second-order valence-electron chi connectivity index (χ2n) is 9.89. The van der Waals surface area contributed by atoms with Crippen LogP contribution in [0.15, 0.2) is 0 Å². The molecule has 0 aromatic carbocycles. The van der Waals surface area contributed by atoms with Gasteiger partial charge in [0.25, 0.3) is 5.91 Å². The first kappa shape index (κ1) is 18.3. The number of carbonyl (C=O) groups is 2. The number of ether oxygens (including phenoxy) is 1. The molecule has 2 N–H and O–H groups in total. The number of esters is 1. The second-order valence-corrected chi connectivity index (χ2v) is 9.89. The maximum atomic E-state index is 13.0. The van der Waals surface area contributed by atoms with Crippen molar-refractivity contribution in [3.63, 3.8) is 0 Å². The van der Waals surface area contributed by atoms with Crippen LogP contribution in [0.4, 0.5) is 0 Å². The van der Waals surface area contributed by atoms with Gasteiger partial charge >= 0.3 is 5.97 Å². The van der Waals surface area contributed by atoms with Crippen LogP contribution in [0.1, 0.15) is 78.1 Å². The summed E-state index contributed by atoms with van der Waals surface area (Å²) in [5.41, 5.74) is -1.25. The van der Waals surface area contributed by atoms with Gasteiger partial charge in [0, 0.05) is 6.04 Å². The van der Waals surface area contributed by atoms with Gasteiger partial charge in [-0.15, -0.1) is 0 Å². The Kier molecular flexibility index (Phi) is 4.57. The number of hydrogen-bond donors (Lipinski definition) is 2. The van der Waals surface area contributed by atoms with Crippen molar-refractivity contribution in [3.05, 3.63) is 0 Å². The second kappa shape index (κ2) is 6.50. The molecule has 5 nitrogen and oxygen atoms in total. The fraction of sp³-hybridized carbons (Fsp3) is 0.905. The zero-order valence-corrected chi connectivity index (χ0v) is 16.1. The zero-order valence-electron chi connectivity index (χ0n) is 16.1. The molecular formula is C21H33NO4. The lowest BCUT2D eigenvalue weighted by atomic mass is 9.48. The third-order valence-electron chi connectivity index (χ3n) is 7.56. The molecule has 146 valence electrons. The predicted octanol–water partition coefficient (Wildman–Crippen LogP) is 2.94. The fourth-order valence-electron chi connectivity index (χ4n) is 6.62. The maximum Gasteiger partial charge on any atom is 0.312 e. The fourth-order valence-corrected chi connectivity index (χ4v) is 6.62. The molecule has 0 saturated heterocycles. The van der Waals surface area contributed by atoms with Gasteiger partial charge in [-0.3, -0.25) is 9.59 Å². The van der Waals surface area contributed by atoms with Gasteiger partial charge in [-0.25, -0.2) is 0 Å². The van der Waals surface area contributed by atoms with Crippen LogP contribution < -0.4 is 5.32 Å². The number of rotatable bonds is 4. The predicted molar refractivity (Wildman–Crippen MR) is 97.2 cm³/mol. The summed E-state index contributed by atoms with van der Waals surface area (Å²) in [5, 5.41) is 13.9. The minimum atomic E-state index is -0.765. The Balaban J connectivity index is 1.37. The molecule has 5 unspecified atom stereocenters. The van der Waals surface area contributed by atoms with E-state index in [-0.39, 0.29) is 17.9 Å². The van der Waals surface area contributed by atoms with Crippen molar-refractivity contribution in [2.45, 2.75) is 95.8 Å². The van der Waals surface area contributed by atoms with Crippen LogP contribution in [0.25, 0.3) is 0 Å². The van der Waals surface area contributed by atoms with E-state index in [1.165, 1.54) is 6.42 Å². The van der Waals surface area contributed by atoms with E-state index in [0.29, 0.717) is 24.2 Å². The molecule has 5 aliphatic rings. The minimum absolute atomic E-state index is 0.180. The molecule has 0 aliphatic heterocycles. The molecule has 5 fully saturated rings. The summed E-state index contributed by atoms with van der Waals surface area (Å²) in [4.78, 5) is 25.5. The van der Waals surface area contributed by atoms with E-state index in [4.69, 9.17) is 4.74 Å². The summed E-state index contributed by atoms with van der Waals surface area (Å²) in [5.74, 6) is 0.903. The summed E-state index contributed by atoms with van der Waals surface area (Å²) in [6.45, 7) is 3.85. The number of carbonyl (C=O) groups excluding carboxylic acids is 2. The molecule has 5 atom stereocenters. The SMILES string of the molecule is CC(OC(=O)C12CC3CC(CC(O)(C3)C1)C2)C(=O)NC1CCCCC1C. The van der Waals surface area contributed by atoms with E-state index in [1.807, 2.05) is 0 Å². The maximum absolute atomic E-state index is 13.0. The first-order chi connectivity index (χ1) is 12.3. The van der Waals surface area contributed by atoms with E-state index in [2.05, 4.69) is 12.2 Å². The highest BCUT2D eigenvalue weighted by molar-refractivity contribution is 5.85. The summed E-state index contributed by atoms with van der Waals surface area (Å²) in [7, 11) is 0. The molecule has 0 heterocycles. The third-order valence-corrected chi connectivity index (χ3v) is 7.56. The lowest BCUT2D eigenvalue weighted by molar-refractivity contribution is -0.200. The topological polar surface area (TPSA) is 75.6 Å². The van der Waals surface area contributed by atoms with Gasteiger partial charge in [0.2, 0.25) is 0 Å². The molecule has 26 heavy (non-hydrogen) atoms. The minimum Gasteiger partial charge on any atom is -0.452 e.